The van der Waals surface area contributed by atoms with Crippen molar-refractivity contribution in [3.8, 4) is 0 Å². The van der Waals surface area contributed by atoms with Gasteiger partial charge in [0.25, 0.3) is 0 Å². The van der Waals surface area contributed by atoms with Gasteiger partial charge < -0.3 is 9.47 Å². The molecule has 0 unspecified atom stereocenters. The summed E-state index contributed by atoms with van der Waals surface area (Å²) in [6.45, 7) is 12.7. The van der Waals surface area contributed by atoms with Crippen molar-refractivity contribution in [2.45, 2.75) is 65.5 Å². The lowest BCUT2D eigenvalue weighted by Crippen LogP contribution is -2.09. The van der Waals surface area contributed by atoms with E-state index in [2.05, 4.69) is 48.3 Å². The molecule has 0 aliphatic heterocycles. The molecule has 0 bridgehead atoms. The third-order valence-electron chi connectivity index (χ3n) is 4.05. The van der Waals surface area contributed by atoms with Gasteiger partial charge in [-0.3, -0.25) is 0 Å². The van der Waals surface area contributed by atoms with Gasteiger partial charge in [0.15, 0.2) is 0 Å². The number of hydrogen-bond acceptors (Lipinski definition) is 6. The van der Waals surface area contributed by atoms with Gasteiger partial charge in [0.2, 0.25) is 0 Å². The van der Waals surface area contributed by atoms with Crippen LogP contribution in [0.25, 0.3) is 0 Å². The van der Waals surface area contributed by atoms with Gasteiger partial charge in [-0.05, 0) is 24.7 Å². The maximum atomic E-state index is 5.64. The van der Waals surface area contributed by atoms with Gasteiger partial charge in [-0.25, -0.2) is 9.36 Å². The van der Waals surface area contributed by atoms with Crippen LogP contribution in [-0.2, 0) is 22.6 Å². The summed E-state index contributed by atoms with van der Waals surface area (Å²) in [6, 6.07) is 0. The molecule has 0 saturated carbocycles. The Bertz CT molecular complexity index is 568. The summed E-state index contributed by atoms with van der Waals surface area (Å²) in [6.07, 6.45) is 5.97. The first-order valence-corrected chi connectivity index (χ1v) is 9.51. The van der Waals surface area contributed by atoms with Crippen molar-refractivity contribution in [1.82, 2.24) is 30.0 Å². The summed E-state index contributed by atoms with van der Waals surface area (Å²) in [5, 5.41) is 16.5. The quantitative estimate of drug-likeness (QED) is 0.508. The second-order valence-corrected chi connectivity index (χ2v) is 7.05. The van der Waals surface area contributed by atoms with Gasteiger partial charge >= 0.3 is 0 Å². The lowest BCUT2D eigenvalue weighted by Gasteiger charge is -2.06. The van der Waals surface area contributed by atoms with Gasteiger partial charge in [0, 0.05) is 25.6 Å². The minimum Gasteiger partial charge on any atom is -0.380 e. The van der Waals surface area contributed by atoms with Gasteiger partial charge in [0.1, 0.15) is 0 Å². The van der Waals surface area contributed by atoms with E-state index in [9.17, 15) is 0 Å². The van der Waals surface area contributed by atoms with Gasteiger partial charge in [-0.15, -0.1) is 10.2 Å². The average Bonchev–Trinajstić information content (AvgIpc) is 3.26. The number of aromatic nitrogens is 6. The summed E-state index contributed by atoms with van der Waals surface area (Å²) in [5.74, 6) is 0.818. The highest BCUT2D eigenvalue weighted by molar-refractivity contribution is 4.98. The van der Waals surface area contributed by atoms with Crippen LogP contribution in [-0.4, -0.2) is 56.4 Å². The molecule has 0 aliphatic rings. The fourth-order valence-corrected chi connectivity index (χ4v) is 2.30. The van der Waals surface area contributed by atoms with E-state index >= 15 is 0 Å². The fraction of sp³-hybridized carbons (Fsp3) is 0.778. The molecule has 0 aliphatic carbocycles. The Labute approximate surface area is 155 Å². The van der Waals surface area contributed by atoms with E-state index in [1.807, 2.05) is 21.8 Å². The molecule has 0 aromatic carbocycles. The topological polar surface area (TPSA) is 79.9 Å². The number of nitrogens with zero attached hydrogens (tertiary/aromatic N) is 6. The van der Waals surface area contributed by atoms with E-state index in [-0.39, 0.29) is 0 Å². The lowest BCUT2D eigenvalue weighted by atomic mass is 10.2. The molecule has 2 heterocycles. The predicted molar refractivity (Wildman–Crippen MR) is 99.1 cm³/mol. The second kappa shape index (κ2) is 11.0. The van der Waals surface area contributed by atoms with Crippen LogP contribution in [0.15, 0.2) is 12.4 Å². The maximum Gasteiger partial charge on any atom is 0.0852 e. The van der Waals surface area contributed by atoms with Crippen molar-refractivity contribution < 1.29 is 9.47 Å². The van der Waals surface area contributed by atoms with Crippen molar-refractivity contribution >= 4 is 0 Å². The average molecular weight is 364 g/mol. The van der Waals surface area contributed by atoms with Crippen molar-refractivity contribution in [3.63, 3.8) is 0 Å². The lowest BCUT2D eigenvalue weighted by molar-refractivity contribution is 0.0936. The molecule has 2 rings (SSSR count). The Morgan fingerprint density at radius 1 is 0.731 bits per heavy atom. The molecular formula is C18H32N6O2. The molecule has 8 heteroatoms. The van der Waals surface area contributed by atoms with E-state index in [0.29, 0.717) is 25.0 Å². The zero-order valence-electron chi connectivity index (χ0n) is 16.5. The number of ether oxygens (including phenoxy) is 2. The highest BCUT2D eigenvalue weighted by atomic mass is 16.5. The molecule has 0 fully saturated rings. The van der Waals surface area contributed by atoms with Crippen molar-refractivity contribution in [2.75, 3.05) is 26.4 Å². The molecule has 0 N–H and O–H groups in total. The summed E-state index contributed by atoms with van der Waals surface area (Å²) < 4.78 is 15.0. The van der Waals surface area contributed by atoms with Gasteiger partial charge in [-0.1, -0.05) is 38.1 Å². The van der Waals surface area contributed by atoms with E-state index < -0.39 is 0 Å². The zero-order chi connectivity index (χ0) is 18.8. The van der Waals surface area contributed by atoms with E-state index in [4.69, 9.17) is 9.47 Å². The first-order valence-electron chi connectivity index (χ1n) is 9.51. The Kier molecular flexibility index (Phi) is 8.70. The minimum atomic E-state index is 0.409. The fourth-order valence-electron chi connectivity index (χ4n) is 2.30. The molecule has 26 heavy (non-hydrogen) atoms. The predicted octanol–water partition coefficient (Wildman–Crippen LogP) is 2.63. The third-order valence-corrected chi connectivity index (χ3v) is 4.05. The standard InChI is InChI=1S/C18H32N6O2/c1-15(2)17-13-23(21-19-17)7-11-25-9-5-6-10-26-12-8-24-14-18(16(3)4)20-22-24/h13-16H,5-12H2,1-4H3. The Morgan fingerprint density at radius 2 is 1.15 bits per heavy atom. The summed E-state index contributed by atoms with van der Waals surface area (Å²) in [5.41, 5.74) is 2.04. The summed E-state index contributed by atoms with van der Waals surface area (Å²) in [7, 11) is 0. The SMILES string of the molecule is CC(C)c1cn(CCOCCCCOCCn2cc(C(C)C)nn2)nn1. The molecule has 0 spiro atoms. The van der Waals surface area contributed by atoms with Crippen LogP contribution in [0, 0.1) is 0 Å². The van der Waals surface area contributed by atoms with Crippen molar-refractivity contribution in [1.29, 1.82) is 0 Å². The van der Waals surface area contributed by atoms with Crippen LogP contribution in [0.2, 0.25) is 0 Å². The molecule has 2 aromatic rings. The second-order valence-electron chi connectivity index (χ2n) is 7.05. The molecule has 0 atom stereocenters. The largest absolute Gasteiger partial charge is 0.380 e. The van der Waals surface area contributed by atoms with Crippen LogP contribution in [0.4, 0.5) is 0 Å². The molecule has 2 aromatic heterocycles. The normalized spacial score (nSPS) is 11.8. The molecule has 146 valence electrons. The van der Waals surface area contributed by atoms with Crippen molar-refractivity contribution in [3.05, 3.63) is 23.8 Å². The van der Waals surface area contributed by atoms with E-state index in [0.717, 1.165) is 50.5 Å². The monoisotopic (exact) mass is 364 g/mol. The van der Waals surface area contributed by atoms with Crippen LogP contribution >= 0.6 is 0 Å². The molecular weight excluding hydrogens is 332 g/mol. The third kappa shape index (κ3) is 7.21. The first kappa shape index (κ1) is 20.5. The summed E-state index contributed by atoms with van der Waals surface area (Å²) in [4.78, 5) is 0. The van der Waals surface area contributed by atoms with Crippen LogP contribution in [0.5, 0.6) is 0 Å². The number of hydrogen-bond donors (Lipinski definition) is 0. The highest BCUT2D eigenvalue weighted by Crippen LogP contribution is 2.09. The van der Waals surface area contributed by atoms with Crippen LogP contribution in [0.3, 0.4) is 0 Å². The highest BCUT2D eigenvalue weighted by Gasteiger charge is 2.05. The van der Waals surface area contributed by atoms with E-state index in [1.165, 1.54) is 0 Å². The first-order chi connectivity index (χ1) is 12.6. The Hall–Kier alpha value is -1.80. The zero-order valence-corrected chi connectivity index (χ0v) is 16.5. The molecule has 0 saturated heterocycles. The van der Waals surface area contributed by atoms with E-state index in [1.54, 1.807) is 0 Å². The van der Waals surface area contributed by atoms with Gasteiger partial charge in [0.05, 0.1) is 37.7 Å². The molecule has 0 amide bonds. The number of unbranched alkanes of at least 4 members (excludes halogenated alkanes) is 1. The maximum absolute atomic E-state index is 5.64. The van der Waals surface area contributed by atoms with Crippen LogP contribution in [0.1, 0.15) is 63.8 Å². The van der Waals surface area contributed by atoms with Crippen LogP contribution < -0.4 is 0 Å². The smallest absolute Gasteiger partial charge is 0.0852 e. The number of rotatable bonds is 13. The van der Waals surface area contributed by atoms with Gasteiger partial charge in [-0.2, -0.15) is 0 Å². The minimum absolute atomic E-state index is 0.409. The Balaban J connectivity index is 1.42. The van der Waals surface area contributed by atoms with Crippen molar-refractivity contribution in [2.24, 2.45) is 0 Å². The molecule has 8 nitrogen and oxygen atoms in total. The summed E-state index contributed by atoms with van der Waals surface area (Å²) >= 11 is 0. The molecule has 0 radical (unpaired) electrons. The Morgan fingerprint density at radius 3 is 1.50 bits per heavy atom.